The van der Waals surface area contributed by atoms with Crippen molar-refractivity contribution in [2.75, 3.05) is 12.0 Å². The lowest BCUT2D eigenvalue weighted by molar-refractivity contribution is -0.117. The van der Waals surface area contributed by atoms with Crippen LogP contribution in [0.15, 0.2) is 64.5 Å². The zero-order chi connectivity index (χ0) is 17.1. The number of nitrogens with zero attached hydrogens (tertiary/aromatic N) is 1. The number of anilines is 1. The van der Waals surface area contributed by atoms with Gasteiger partial charge in [0.25, 0.3) is 0 Å². The molecule has 122 valence electrons. The van der Waals surface area contributed by atoms with Crippen LogP contribution in [0.4, 0.5) is 5.69 Å². The number of thioether (sulfide) groups is 1. The van der Waals surface area contributed by atoms with Crippen LogP contribution in [-0.2, 0) is 4.79 Å². The molecule has 0 spiro atoms. The van der Waals surface area contributed by atoms with Crippen LogP contribution in [0.25, 0.3) is 0 Å². The number of amides is 1. The zero-order valence-corrected chi connectivity index (χ0v) is 14.3. The summed E-state index contributed by atoms with van der Waals surface area (Å²) in [6.07, 6.45) is 1.95. The number of methoxy groups -OCH3 is 1. The summed E-state index contributed by atoms with van der Waals surface area (Å²) in [5.74, 6) is 0.430. The first-order valence-electron chi connectivity index (χ1n) is 7.64. The van der Waals surface area contributed by atoms with Crippen molar-refractivity contribution in [2.24, 2.45) is 0 Å². The summed E-state index contributed by atoms with van der Waals surface area (Å²) >= 11 is 1.39. The molecule has 0 aliphatic carbocycles. The van der Waals surface area contributed by atoms with Crippen molar-refractivity contribution in [1.29, 1.82) is 0 Å². The Hall–Kier alpha value is -2.53. The van der Waals surface area contributed by atoms with Crippen molar-refractivity contribution in [3.05, 3.63) is 65.2 Å². The number of carbonyl (C=O) groups excluding carboxylic acids is 2. The summed E-state index contributed by atoms with van der Waals surface area (Å²) in [6, 6.07) is 14.7. The molecule has 0 bridgehead atoms. The molecule has 0 aromatic heterocycles. The quantitative estimate of drug-likeness (QED) is 0.781. The van der Waals surface area contributed by atoms with E-state index in [2.05, 4.69) is 0 Å². The van der Waals surface area contributed by atoms with Gasteiger partial charge < -0.3 is 4.74 Å². The molecule has 2 aromatic rings. The maximum Gasteiger partial charge on any atom is 0.230 e. The first-order valence-corrected chi connectivity index (χ1v) is 8.45. The molecule has 0 N–H and O–H groups in total. The molecule has 3 rings (SSSR count). The Balaban J connectivity index is 2.03. The number of fused-ring (bicyclic) bond motifs is 1. The zero-order valence-electron chi connectivity index (χ0n) is 13.5. The van der Waals surface area contributed by atoms with Crippen LogP contribution in [0.3, 0.4) is 0 Å². The molecule has 0 fully saturated rings. The highest BCUT2D eigenvalue weighted by Crippen LogP contribution is 2.40. The van der Waals surface area contributed by atoms with Crippen LogP contribution >= 0.6 is 11.8 Å². The third-order valence-electron chi connectivity index (χ3n) is 3.74. The third kappa shape index (κ3) is 2.95. The number of hydrogen-bond donors (Lipinski definition) is 0. The van der Waals surface area contributed by atoms with Crippen molar-refractivity contribution < 1.29 is 14.3 Å². The van der Waals surface area contributed by atoms with Crippen molar-refractivity contribution in [3.63, 3.8) is 0 Å². The fourth-order valence-electron chi connectivity index (χ4n) is 2.52. The lowest BCUT2D eigenvalue weighted by Crippen LogP contribution is -2.25. The minimum atomic E-state index is -0.101. The predicted molar refractivity (Wildman–Crippen MR) is 95.5 cm³/mol. The van der Waals surface area contributed by atoms with Crippen LogP contribution in [0, 0.1) is 0 Å². The van der Waals surface area contributed by atoms with E-state index in [1.807, 2.05) is 30.3 Å². The number of para-hydroxylation sites is 2. The average Bonchev–Trinajstić information content (AvgIpc) is 2.95. The van der Waals surface area contributed by atoms with E-state index in [0.717, 1.165) is 4.90 Å². The largest absolute Gasteiger partial charge is 0.495 e. The molecule has 0 saturated heterocycles. The topological polar surface area (TPSA) is 46.6 Å². The molecular formula is C19H17NO3S. The highest BCUT2D eigenvalue weighted by atomic mass is 32.2. The van der Waals surface area contributed by atoms with Gasteiger partial charge in [0.2, 0.25) is 11.7 Å². The van der Waals surface area contributed by atoms with E-state index in [1.165, 1.54) is 16.7 Å². The molecule has 1 heterocycles. The maximum atomic E-state index is 12.6. The Morgan fingerprint density at radius 1 is 1.17 bits per heavy atom. The van der Waals surface area contributed by atoms with Gasteiger partial charge in [0.1, 0.15) is 5.75 Å². The Morgan fingerprint density at radius 3 is 2.58 bits per heavy atom. The van der Waals surface area contributed by atoms with E-state index in [-0.39, 0.29) is 11.7 Å². The van der Waals surface area contributed by atoms with E-state index >= 15 is 0 Å². The molecule has 1 aliphatic heterocycles. The van der Waals surface area contributed by atoms with Gasteiger partial charge in [-0.15, -0.1) is 0 Å². The van der Waals surface area contributed by atoms with Gasteiger partial charge in [0.15, 0.2) is 0 Å². The van der Waals surface area contributed by atoms with Crippen molar-refractivity contribution in [3.8, 4) is 5.75 Å². The Bertz CT molecular complexity index is 829. The van der Waals surface area contributed by atoms with Gasteiger partial charge in [-0.05, 0) is 24.3 Å². The molecule has 24 heavy (non-hydrogen) atoms. The van der Waals surface area contributed by atoms with E-state index in [4.69, 9.17) is 4.74 Å². The SMILES string of the molecule is CCC(=O)N(/C=C1\Sc2ccccc2C1=O)c1ccccc1OC. The first-order chi connectivity index (χ1) is 11.7. The number of ether oxygens (including phenoxy) is 1. The summed E-state index contributed by atoms with van der Waals surface area (Å²) in [6.45, 7) is 1.79. The Kier molecular flexibility index (Phi) is 4.71. The third-order valence-corrected chi connectivity index (χ3v) is 4.82. The number of benzene rings is 2. The van der Waals surface area contributed by atoms with Gasteiger partial charge in [-0.1, -0.05) is 43.0 Å². The second kappa shape index (κ2) is 6.93. The second-order valence-corrected chi connectivity index (χ2v) is 6.29. The summed E-state index contributed by atoms with van der Waals surface area (Å²) in [5, 5.41) is 0. The lowest BCUT2D eigenvalue weighted by Gasteiger charge is -2.21. The number of carbonyl (C=O) groups is 2. The first kappa shape index (κ1) is 16.3. The van der Waals surface area contributed by atoms with Crippen LogP contribution in [0.5, 0.6) is 5.75 Å². The fourth-order valence-corrected chi connectivity index (χ4v) is 3.53. The molecule has 1 aliphatic rings. The molecular weight excluding hydrogens is 322 g/mol. The van der Waals surface area contributed by atoms with Gasteiger partial charge in [0, 0.05) is 23.1 Å². The van der Waals surface area contributed by atoms with E-state index in [9.17, 15) is 9.59 Å². The Labute approximate surface area is 145 Å². The van der Waals surface area contributed by atoms with Gasteiger partial charge >= 0.3 is 0 Å². The molecule has 2 aromatic carbocycles. The predicted octanol–water partition coefficient (Wildman–Crippen LogP) is 4.27. The van der Waals surface area contributed by atoms with Gasteiger partial charge in [-0.25, -0.2) is 0 Å². The standard InChI is InChI=1S/C19H17NO3S/c1-3-18(21)20(14-9-5-6-10-15(14)23-2)12-17-19(22)13-8-4-7-11-16(13)24-17/h4-12H,3H2,1-2H3/b17-12-. The monoisotopic (exact) mass is 339 g/mol. The van der Waals surface area contributed by atoms with Gasteiger partial charge in [-0.2, -0.15) is 0 Å². The Morgan fingerprint density at radius 2 is 1.88 bits per heavy atom. The second-order valence-electron chi connectivity index (χ2n) is 5.21. The molecule has 1 amide bonds. The highest BCUT2D eigenvalue weighted by Gasteiger charge is 2.27. The van der Waals surface area contributed by atoms with E-state index in [1.54, 1.807) is 38.4 Å². The summed E-state index contributed by atoms with van der Waals surface area (Å²) in [7, 11) is 1.56. The molecule has 0 atom stereocenters. The van der Waals surface area contributed by atoms with Gasteiger partial charge in [0.05, 0.1) is 17.7 Å². The smallest absolute Gasteiger partial charge is 0.230 e. The number of hydrogen-bond acceptors (Lipinski definition) is 4. The number of allylic oxidation sites excluding steroid dienone is 1. The van der Waals surface area contributed by atoms with Crippen molar-refractivity contribution in [2.45, 2.75) is 18.2 Å². The molecule has 4 nitrogen and oxygen atoms in total. The van der Waals surface area contributed by atoms with E-state index in [0.29, 0.717) is 28.3 Å². The molecule has 0 unspecified atom stereocenters. The minimum absolute atomic E-state index is 0.0561. The molecule has 5 heteroatoms. The summed E-state index contributed by atoms with van der Waals surface area (Å²) < 4.78 is 5.36. The van der Waals surface area contributed by atoms with Gasteiger partial charge in [-0.3, -0.25) is 14.5 Å². The highest BCUT2D eigenvalue weighted by molar-refractivity contribution is 8.04. The lowest BCUT2D eigenvalue weighted by atomic mass is 10.1. The normalized spacial score (nSPS) is 14.6. The average molecular weight is 339 g/mol. The van der Waals surface area contributed by atoms with Crippen molar-refractivity contribution >= 4 is 29.1 Å². The number of ketones is 1. The van der Waals surface area contributed by atoms with Crippen LogP contribution in [0.1, 0.15) is 23.7 Å². The summed E-state index contributed by atoms with van der Waals surface area (Å²) in [5.41, 5.74) is 1.31. The van der Waals surface area contributed by atoms with Crippen molar-refractivity contribution in [1.82, 2.24) is 0 Å². The van der Waals surface area contributed by atoms with E-state index < -0.39 is 0 Å². The molecule has 0 saturated carbocycles. The van der Waals surface area contributed by atoms with Crippen LogP contribution in [0.2, 0.25) is 0 Å². The minimum Gasteiger partial charge on any atom is -0.495 e. The number of rotatable bonds is 4. The summed E-state index contributed by atoms with van der Waals surface area (Å²) in [4.78, 5) is 28.0. The number of Topliss-reactive ketones (excluding diaryl/α,β-unsaturated/α-hetero) is 1. The fraction of sp³-hybridized carbons (Fsp3) is 0.158. The molecule has 0 radical (unpaired) electrons. The van der Waals surface area contributed by atoms with Crippen LogP contribution < -0.4 is 9.64 Å². The maximum absolute atomic E-state index is 12.6. The van der Waals surface area contributed by atoms with Crippen LogP contribution in [-0.4, -0.2) is 18.8 Å².